The van der Waals surface area contributed by atoms with Crippen molar-refractivity contribution in [3.8, 4) is 5.75 Å². The molecule has 1 saturated heterocycles. The number of hydrogen-bond acceptors (Lipinski definition) is 5. The fourth-order valence-corrected chi connectivity index (χ4v) is 3.36. The van der Waals surface area contributed by atoms with Gasteiger partial charge in [-0.3, -0.25) is 4.98 Å². The van der Waals surface area contributed by atoms with E-state index in [0.29, 0.717) is 19.0 Å². The van der Waals surface area contributed by atoms with Crippen LogP contribution in [0.1, 0.15) is 18.5 Å². The lowest BCUT2D eigenvalue weighted by Gasteiger charge is -2.30. The van der Waals surface area contributed by atoms with Crippen LogP contribution in [-0.2, 0) is 16.6 Å². The lowest BCUT2D eigenvalue weighted by molar-refractivity contribution is 0.268. The molecular formula is C14H23N3O3S. The number of pyridine rings is 1. The Bertz CT molecular complexity index is 537. The van der Waals surface area contributed by atoms with Crippen molar-refractivity contribution in [2.45, 2.75) is 19.4 Å². The summed E-state index contributed by atoms with van der Waals surface area (Å²) in [7, 11) is -1.41. The summed E-state index contributed by atoms with van der Waals surface area (Å²) in [5.74, 6) is 1.29. The third-order valence-corrected chi connectivity index (χ3v) is 5.12. The van der Waals surface area contributed by atoms with Gasteiger partial charge in [0.2, 0.25) is 10.0 Å². The van der Waals surface area contributed by atoms with Gasteiger partial charge in [-0.1, -0.05) is 0 Å². The van der Waals surface area contributed by atoms with Crippen LogP contribution in [0.15, 0.2) is 18.3 Å². The van der Waals surface area contributed by atoms with Crippen LogP contribution in [0.25, 0.3) is 0 Å². The Kier molecular flexibility index (Phi) is 5.55. The highest BCUT2D eigenvalue weighted by Gasteiger charge is 2.24. The van der Waals surface area contributed by atoms with E-state index in [-0.39, 0.29) is 0 Å². The topological polar surface area (TPSA) is 71.5 Å². The van der Waals surface area contributed by atoms with Gasteiger partial charge in [0.05, 0.1) is 25.3 Å². The molecular weight excluding hydrogens is 290 g/mol. The van der Waals surface area contributed by atoms with Crippen LogP contribution in [0, 0.1) is 5.92 Å². The summed E-state index contributed by atoms with van der Waals surface area (Å²) in [5, 5.41) is 3.39. The molecule has 2 heterocycles. The van der Waals surface area contributed by atoms with Gasteiger partial charge in [0.25, 0.3) is 0 Å². The third kappa shape index (κ3) is 4.94. The number of ether oxygens (including phenoxy) is 1. The molecule has 1 aliphatic rings. The van der Waals surface area contributed by atoms with E-state index >= 15 is 0 Å². The van der Waals surface area contributed by atoms with Crippen molar-refractivity contribution in [3.63, 3.8) is 0 Å². The zero-order valence-electron chi connectivity index (χ0n) is 12.6. The molecule has 0 aromatic carbocycles. The van der Waals surface area contributed by atoms with Gasteiger partial charge in [-0.2, -0.15) is 0 Å². The highest BCUT2D eigenvalue weighted by atomic mass is 32.2. The quantitative estimate of drug-likeness (QED) is 0.843. The smallest absolute Gasteiger partial charge is 0.211 e. The highest BCUT2D eigenvalue weighted by molar-refractivity contribution is 7.88. The predicted octanol–water partition coefficient (Wildman–Crippen LogP) is 0.851. The maximum Gasteiger partial charge on any atom is 0.211 e. The van der Waals surface area contributed by atoms with Crippen LogP contribution in [0.3, 0.4) is 0 Å². The van der Waals surface area contributed by atoms with Gasteiger partial charge in [0.1, 0.15) is 5.75 Å². The highest BCUT2D eigenvalue weighted by Crippen LogP contribution is 2.18. The van der Waals surface area contributed by atoms with Crippen molar-refractivity contribution >= 4 is 10.0 Å². The monoisotopic (exact) mass is 313 g/mol. The first-order chi connectivity index (χ1) is 9.99. The lowest BCUT2D eigenvalue weighted by Crippen LogP contribution is -2.40. The summed E-state index contributed by atoms with van der Waals surface area (Å²) >= 11 is 0. The van der Waals surface area contributed by atoms with Crippen LogP contribution in [0.5, 0.6) is 5.75 Å². The molecule has 1 fully saturated rings. The van der Waals surface area contributed by atoms with E-state index in [2.05, 4.69) is 10.3 Å². The molecule has 1 aromatic rings. The normalized spacial score (nSPS) is 17.8. The molecule has 6 nitrogen and oxygen atoms in total. The Hall–Kier alpha value is -1.18. The number of nitrogens with zero attached hydrogens (tertiary/aromatic N) is 2. The van der Waals surface area contributed by atoms with Gasteiger partial charge in [-0.05, 0) is 37.4 Å². The molecule has 0 radical (unpaired) electrons. The van der Waals surface area contributed by atoms with E-state index in [1.165, 1.54) is 6.26 Å². The Morgan fingerprint density at radius 2 is 2.10 bits per heavy atom. The SMILES string of the molecule is COc1ccc(CNCC2CCN(S(C)(=O)=O)CC2)nc1. The zero-order valence-corrected chi connectivity index (χ0v) is 13.4. The van der Waals surface area contributed by atoms with Crippen LogP contribution < -0.4 is 10.1 Å². The van der Waals surface area contributed by atoms with Crippen molar-refractivity contribution < 1.29 is 13.2 Å². The molecule has 0 amide bonds. The molecule has 21 heavy (non-hydrogen) atoms. The summed E-state index contributed by atoms with van der Waals surface area (Å²) in [6.07, 6.45) is 4.81. The van der Waals surface area contributed by atoms with Gasteiger partial charge in [-0.15, -0.1) is 0 Å². The Morgan fingerprint density at radius 3 is 2.62 bits per heavy atom. The second kappa shape index (κ2) is 7.20. The Balaban J connectivity index is 1.70. The number of piperidine rings is 1. The van der Waals surface area contributed by atoms with Crippen molar-refractivity contribution in [2.75, 3.05) is 33.0 Å². The van der Waals surface area contributed by atoms with E-state index in [1.54, 1.807) is 17.6 Å². The lowest BCUT2D eigenvalue weighted by atomic mass is 9.98. The summed E-state index contributed by atoms with van der Waals surface area (Å²) in [6, 6.07) is 3.84. The third-order valence-electron chi connectivity index (χ3n) is 3.81. The average Bonchev–Trinajstić information content (AvgIpc) is 2.47. The molecule has 1 aromatic heterocycles. The van der Waals surface area contributed by atoms with Crippen LogP contribution >= 0.6 is 0 Å². The summed E-state index contributed by atoms with van der Waals surface area (Å²) < 4.78 is 29.5. The summed E-state index contributed by atoms with van der Waals surface area (Å²) in [4.78, 5) is 4.30. The van der Waals surface area contributed by atoms with Gasteiger partial charge in [-0.25, -0.2) is 12.7 Å². The van der Waals surface area contributed by atoms with Crippen LogP contribution in [0.4, 0.5) is 0 Å². The van der Waals surface area contributed by atoms with Gasteiger partial charge >= 0.3 is 0 Å². The molecule has 118 valence electrons. The first-order valence-electron chi connectivity index (χ1n) is 7.14. The number of aromatic nitrogens is 1. The van der Waals surface area contributed by atoms with Gasteiger partial charge in [0.15, 0.2) is 0 Å². The van der Waals surface area contributed by atoms with E-state index in [9.17, 15) is 8.42 Å². The predicted molar refractivity (Wildman–Crippen MR) is 81.6 cm³/mol. The fourth-order valence-electron chi connectivity index (χ4n) is 2.49. The Morgan fingerprint density at radius 1 is 1.38 bits per heavy atom. The fraction of sp³-hybridized carbons (Fsp3) is 0.643. The average molecular weight is 313 g/mol. The minimum absolute atomic E-state index is 0.529. The molecule has 0 aliphatic carbocycles. The minimum Gasteiger partial charge on any atom is -0.495 e. The molecule has 0 spiro atoms. The van der Waals surface area contributed by atoms with Gasteiger partial charge in [0, 0.05) is 19.6 Å². The second-order valence-electron chi connectivity index (χ2n) is 5.43. The zero-order chi connectivity index (χ0) is 15.3. The minimum atomic E-state index is -3.03. The standard InChI is InChI=1S/C14H23N3O3S/c1-20-14-4-3-13(16-11-14)10-15-9-12-5-7-17(8-6-12)21(2,18)19/h3-4,11-12,15H,5-10H2,1-2H3. The van der Waals surface area contributed by atoms with Crippen LogP contribution in [-0.4, -0.2) is 50.7 Å². The maximum absolute atomic E-state index is 11.4. The first-order valence-corrected chi connectivity index (χ1v) is 8.98. The van der Waals surface area contributed by atoms with Crippen molar-refractivity contribution in [1.82, 2.24) is 14.6 Å². The van der Waals surface area contributed by atoms with E-state index in [0.717, 1.165) is 37.4 Å². The maximum atomic E-state index is 11.4. The molecule has 0 bridgehead atoms. The molecule has 0 atom stereocenters. The van der Waals surface area contributed by atoms with E-state index < -0.39 is 10.0 Å². The van der Waals surface area contributed by atoms with E-state index in [4.69, 9.17) is 4.74 Å². The van der Waals surface area contributed by atoms with Crippen molar-refractivity contribution in [3.05, 3.63) is 24.0 Å². The van der Waals surface area contributed by atoms with E-state index in [1.807, 2.05) is 12.1 Å². The van der Waals surface area contributed by atoms with Crippen molar-refractivity contribution in [1.29, 1.82) is 0 Å². The number of nitrogens with one attached hydrogen (secondary N) is 1. The van der Waals surface area contributed by atoms with Crippen molar-refractivity contribution in [2.24, 2.45) is 5.92 Å². The molecule has 1 N–H and O–H groups in total. The number of hydrogen-bond donors (Lipinski definition) is 1. The summed E-state index contributed by atoms with van der Waals surface area (Å²) in [5.41, 5.74) is 0.976. The second-order valence-corrected chi connectivity index (χ2v) is 7.41. The van der Waals surface area contributed by atoms with Gasteiger partial charge < -0.3 is 10.1 Å². The number of methoxy groups -OCH3 is 1. The molecule has 0 unspecified atom stereocenters. The largest absolute Gasteiger partial charge is 0.495 e. The number of rotatable bonds is 6. The number of sulfonamides is 1. The first kappa shape index (κ1) is 16.2. The Labute approximate surface area is 126 Å². The molecule has 1 aliphatic heterocycles. The summed E-state index contributed by atoms with van der Waals surface area (Å²) in [6.45, 7) is 2.87. The molecule has 0 saturated carbocycles. The molecule has 2 rings (SSSR count). The molecule has 7 heteroatoms. The van der Waals surface area contributed by atoms with Crippen LogP contribution in [0.2, 0.25) is 0 Å².